The standard InChI is InChI=1S/C18H14FN3O5/c1-10-16-13(17(26)18(20-10)22(9-23)8-15(24)25)6-7-14(21-16)27-12-4-2-11(19)3-5-12/h2-7,9,26H,8H2,1H3,(H,24,25). The molecule has 0 bridgehead atoms. The summed E-state index contributed by atoms with van der Waals surface area (Å²) >= 11 is 0. The van der Waals surface area contributed by atoms with E-state index in [9.17, 15) is 19.1 Å². The molecule has 138 valence electrons. The zero-order valence-corrected chi connectivity index (χ0v) is 14.1. The molecule has 0 unspecified atom stereocenters. The fourth-order valence-corrected chi connectivity index (χ4v) is 2.48. The summed E-state index contributed by atoms with van der Waals surface area (Å²) in [5.41, 5.74) is 0.677. The lowest BCUT2D eigenvalue weighted by molar-refractivity contribution is -0.136. The first-order valence-electron chi connectivity index (χ1n) is 7.76. The van der Waals surface area contributed by atoms with E-state index in [-0.39, 0.29) is 29.2 Å². The van der Waals surface area contributed by atoms with E-state index in [1.807, 2.05) is 0 Å². The molecular formula is C18H14FN3O5. The molecule has 0 radical (unpaired) electrons. The molecule has 0 aliphatic heterocycles. The van der Waals surface area contributed by atoms with Crippen LogP contribution in [-0.4, -0.2) is 39.1 Å². The Balaban J connectivity index is 2.01. The van der Waals surface area contributed by atoms with Crippen molar-refractivity contribution < 1.29 is 28.9 Å². The Morgan fingerprint density at radius 2 is 1.93 bits per heavy atom. The number of aryl methyl sites for hydroxylation is 1. The third kappa shape index (κ3) is 3.76. The van der Waals surface area contributed by atoms with E-state index in [4.69, 9.17) is 9.84 Å². The number of aliphatic carboxylic acids is 1. The molecular weight excluding hydrogens is 357 g/mol. The van der Waals surface area contributed by atoms with Gasteiger partial charge in [0.1, 0.15) is 18.1 Å². The monoisotopic (exact) mass is 371 g/mol. The van der Waals surface area contributed by atoms with Gasteiger partial charge in [0.15, 0.2) is 11.6 Å². The molecule has 3 aromatic rings. The summed E-state index contributed by atoms with van der Waals surface area (Å²) in [7, 11) is 0. The van der Waals surface area contributed by atoms with Crippen LogP contribution in [0.1, 0.15) is 5.69 Å². The van der Waals surface area contributed by atoms with Gasteiger partial charge in [0, 0.05) is 11.5 Å². The molecule has 1 aromatic carbocycles. The van der Waals surface area contributed by atoms with Gasteiger partial charge in [-0.25, -0.2) is 14.4 Å². The van der Waals surface area contributed by atoms with Gasteiger partial charge in [0.25, 0.3) is 0 Å². The van der Waals surface area contributed by atoms with Gasteiger partial charge < -0.3 is 14.9 Å². The van der Waals surface area contributed by atoms with Crippen LogP contribution in [0.25, 0.3) is 10.9 Å². The van der Waals surface area contributed by atoms with E-state index in [1.54, 1.807) is 6.92 Å². The van der Waals surface area contributed by atoms with Crippen molar-refractivity contribution in [1.82, 2.24) is 9.97 Å². The number of hydrogen-bond donors (Lipinski definition) is 2. The number of carbonyl (C=O) groups is 2. The molecule has 0 fully saturated rings. The van der Waals surface area contributed by atoms with Crippen LogP contribution in [0.4, 0.5) is 10.2 Å². The number of nitrogens with zero attached hydrogens (tertiary/aromatic N) is 3. The number of halogens is 1. The van der Waals surface area contributed by atoms with Crippen LogP contribution in [-0.2, 0) is 9.59 Å². The highest BCUT2D eigenvalue weighted by Crippen LogP contribution is 2.35. The maximum Gasteiger partial charge on any atom is 0.323 e. The predicted molar refractivity (Wildman–Crippen MR) is 93.5 cm³/mol. The van der Waals surface area contributed by atoms with Crippen LogP contribution >= 0.6 is 0 Å². The first kappa shape index (κ1) is 18.1. The highest BCUT2D eigenvalue weighted by molar-refractivity contribution is 5.95. The smallest absolute Gasteiger partial charge is 0.323 e. The molecule has 0 saturated carbocycles. The topological polar surface area (TPSA) is 113 Å². The van der Waals surface area contributed by atoms with E-state index >= 15 is 0 Å². The van der Waals surface area contributed by atoms with Crippen LogP contribution < -0.4 is 9.64 Å². The Labute approximate surface area is 152 Å². The Kier molecular flexibility index (Phi) is 4.84. The highest BCUT2D eigenvalue weighted by atomic mass is 19.1. The number of carboxylic acids is 1. The van der Waals surface area contributed by atoms with Gasteiger partial charge in [-0.15, -0.1) is 0 Å². The fourth-order valence-electron chi connectivity index (χ4n) is 2.48. The molecule has 0 aliphatic rings. The number of anilines is 1. The summed E-state index contributed by atoms with van der Waals surface area (Å²) in [6.45, 7) is 0.956. The molecule has 3 rings (SSSR count). The molecule has 27 heavy (non-hydrogen) atoms. The molecule has 0 aliphatic carbocycles. The largest absolute Gasteiger partial charge is 0.504 e. The van der Waals surface area contributed by atoms with Crippen molar-refractivity contribution in [3.63, 3.8) is 0 Å². The number of fused-ring (bicyclic) bond motifs is 1. The zero-order chi connectivity index (χ0) is 19.6. The summed E-state index contributed by atoms with van der Waals surface area (Å²) in [5.74, 6) is -1.61. The van der Waals surface area contributed by atoms with Gasteiger partial charge >= 0.3 is 5.97 Å². The van der Waals surface area contributed by atoms with Crippen molar-refractivity contribution in [3.05, 3.63) is 47.9 Å². The van der Waals surface area contributed by atoms with Crippen molar-refractivity contribution in [1.29, 1.82) is 0 Å². The number of benzene rings is 1. The minimum absolute atomic E-state index is 0.175. The van der Waals surface area contributed by atoms with Crippen LogP contribution in [0.15, 0.2) is 36.4 Å². The van der Waals surface area contributed by atoms with Crippen LogP contribution in [0.5, 0.6) is 17.4 Å². The summed E-state index contributed by atoms with van der Waals surface area (Å²) in [4.78, 5) is 31.2. The number of pyridine rings is 2. The Morgan fingerprint density at radius 3 is 2.56 bits per heavy atom. The van der Waals surface area contributed by atoms with Gasteiger partial charge in [0.05, 0.1) is 11.2 Å². The molecule has 8 nitrogen and oxygen atoms in total. The second kappa shape index (κ2) is 7.24. The SMILES string of the molecule is Cc1nc(N(C=O)CC(=O)O)c(O)c2ccc(Oc3ccc(F)cc3)nc12. The minimum atomic E-state index is -1.25. The molecule has 2 heterocycles. The number of hydrogen-bond acceptors (Lipinski definition) is 6. The van der Waals surface area contributed by atoms with Gasteiger partial charge in [-0.05, 0) is 37.3 Å². The fraction of sp³-hybridized carbons (Fsp3) is 0.111. The quantitative estimate of drug-likeness (QED) is 0.640. The normalized spacial score (nSPS) is 10.6. The molecule has 2 aromatic heterocycles. The lowest BCUT2D eigenvalue weighted by atomic mass is 10.2. The number of carbonyl (C=O) groups excluding carboxylic acids is 1. The van der Waals surface area contributed by atoms with Gasteiger partial charge in [-0.2, -0.15) is 0 Å². The number of carboxylic acid groups (broad SMARTS) is 1. The van der Waals surface area contributed by atoms with Gasteiger partial charge in [-0.1, -0.05) is 0 Å². The summed E-state index contributed by atoms with van der Waals surface area (Å²) < 4.78 is 18.5. The average Bonchev–Trinajstić information content (AvgIpc) is 2.64. The lowest BCUT2D eigenvalue weighted by Crippen LogP contribution is -2.29. The van der Waals surface area contributed by atoms with Crippen LogP contribution in [0, 0.1) is 12.7 Å². The summed E-state index contributed by atoms with van der Waals surface area (Å²) in [5, 5.41) is 19.6. The Hall–Kier alpha value is -3.75. The third-order valence-corrected chi connectivity index (χ3v) is 3.69. The maximum absolute atomic E-state index is 13.0. The van der Waals surface area contributed by atoms with Crippen molar-refractivity contribution in [2.45, 2.75) is 6.92 Å². The van der Waals surface area contributed by atoms with Crippen LogP contribution in [0.2, 0.25) is 0 Å². The number of amides is 1. The summed E-state index contributed by atoms with van der Waals surface area (Å²) in [6, 6.07) is 8.38. The first-order chi connectivity index (χ1) is 12.9. The Morgan fingerprint density at radius 1 is 1.22 bits per heavy atom. The molecule has 2 N–H and O–H groups in total. The van der Waals surface area contributed by atoms with E-state index in [0.29, 0.717) is 17.0 Å². The van der Waals surface area contributed by atoms with Crippen molar-refractivity contribution in [2.75, 3.05) is 11.4 Å². The molecule has 0 atom stereocenters. The van der Waals surface area contributed by atoms with Gasteiger partial charge in [-0.3, -0.25) is 14.5 Å². The Bertz CT molecular complexity index is 1020. The van der Waals surface area contributed by atoms with E-state index in [1.165, 1.54) is 36.4 Å². The average molecular weight is 371 g/mol. The predicted octanol–water partition coefficient (Wildman–Crippen LogP) is 2.62. The molecule has 1 amide bonds. The number of ether oxygens (including phenoxy) is 1. The molecule has 9 heteroatoms. The van der Waals surface area contributed by atoms with E-state index < -0.39 is 18.3 Å². The first-order valence-corrected chi connectivity index (χ1v) is 7.76. The highest BCUT2D eigenvalue weighted by Gasteiger charge is 2.20. The zero-order valence-electron chi connectivity index (χ0n) is 14.1. The van der Waals surface area contributed by atoms with Crippen molar-refractivity contribution >= 4 is 29.1 Å². The maximum atomic E-state index is 13.0. The number of rotatable bonds is 6. The minimum Gasteiger partial charge on any atom is -0.504 e. The third-order valence-electron chi connectivity index (χ3n) is 3.69. The van der Waals surface area contributed by atoms with E-state index in [0.717, 1.165) is 4.90 Å². The lowest BCUT2D eigenvalue weighted by Gasteiger charge is -2.17. The molecule has 0 saturated heterocycles. The summed E-state index contributed by atoms with van der Waals surface area (Å²) in [6.07, 6.45) is 0.279. The second-order valence-corrected chi connectivity index (χ2v) is 5.60. The van der Waals surface area contributed by atoms with E-state index in [2.05, 4.69) is 9.97 Å². The second-order valence-electron chi connectivity index (χ2n) is 5.60. The molecule has 0 spiro atoms. The number of aromatic hydroxyl groups is 1. The van der Waals surface area contributed by atoms with Gasteiger partial charge in [0.2, 0.25) is 12.3 Å². The number of aromatic nitrogens is 2. The van der Waals surface area contributed by atoms with Crippen molar-refractivity contribution in [3.8, 4) is 17.4 Å². The van der Waals surface area contributed by atoms with Crippen LogP contribution in [0.3, 0.4) is 0 Å². The van der Waals surface area contributed by atoms with Crippen molar-refractivity contribution in [2.24, 2.45) is 0 Å².